The molecule has 0 aliphatic carbocycles. The summed E-state index contributed by atoms with van der Waals surface area (Å²) in [7, 11) is 0. The molecule has 0 unspecified atom stereocenters. The lowest BCUT2D eigenvalue weighted by Gasteiger charge is -2.08. The Balaban J connectivity index is 2.12. The van der Waals surface area contributed by atoms with Crippen molar-refractivity contribution in [3.63, 3.8) is 0 Å². The zero-order valence-electron chi connectivity index (χ0n) is 13.1. The van der Waals surface area contributed by atoms with Gasteiger partial charge in [-0.05, 0) is 49.2 Å². The summed E-state index contributed by atoms with van der Waals surface area (Å²) in [5, 5.41) is 14.8. The number of hydrogen-bond acceptors (Lipinski definition) is 4. The second kappa shape index (κ2) is 7.14. The highest BCUT2D eigenvalue weighted by atomic mass is 16.1. The average Bonchev–Trinajstić information content (AvgIpc) is 2.49. The Morgan fingerprint density at radius 3 is 2.57 bits per heavy atom. The summed E-state index contributed by atoms with van der Waals surface area (Å²) in [6.07, 6.45) is 1.35. The number of carbonyl (C=O) groups excluding carboxylic acids is 1. The van der Waals surface area contributed by atoms with Crippen LogP contribution < -0.4 is 16.4 Å². The Hall–Kier alpha value is -3.26. The number of anilines is 3. The van der Waals surface area contributed by atoms with Crippen molar-refractivity contribution in [2.24, 2.45) is 0 Å². The van der Waals surface area contributed by atoms with Crippen LogP contribution in [0.4, 0.5) is 17.1 Å². The van der Waals surface area contributed by atoms with Crippen LogP contribution in [0.3, 0.4) is 0 Å². The highest BCUT2D eigenvalue weighted by Crippen LogP contribution is 2.19. The molecule has 0 spiro atoms. The number of nitrogen functional groups attached to an aromatic ring is 1. The van der Waals surface area contributed by atoms with Gasteiger partial charge < -0.3 is 16.4 Å². The van der Waals surface area contributed by atoms with Gasteiger partial charge in [-0.1, -0.05) is 18.2 Å². The molecular weight excluding hydrogens is 288 g/mol. The van der Waals surface area contributed by atoms with Gasteiger partial charge in [-0.3, -0.25) is 4.79 Å². The number of aryl methyl sites for hydroxylation is 2. The summed E-state index contributed by atoms with van der Waals surface area (Å²) in [5.41, 5.74) is 9.76. The number of nitrogens with zero attached hydrogens (tertiary/aromatic N) is 1. The Bertz CT molecular complexity index is 803. The summed E-state index contributed by atoms with van der Waals surface area (Å²) < 4.78 is 0. The van der Waals surface area contributed by atoms with Gasteiger partial charge in [0.25, 0.3) is 5.91 Å². The second-order valence-electron chi connectivity index (χ2n) is 5.23. The average molecular weight is 306 g/mol. The normalized spacial score (nSPS) is 10.7. The largest absolute Gasteiger partial charge is 0.397 e. The van der Waals surface area contributed by atoms with E-state index in [1.807, 2.05) is 50.2 Å². The van der Waals surface area contributed by atoms with Crippen LogP contribution in [0.2, 0.25) is 0 Å². The Kier molecular flexibility index (Phi) is 5.00. The third kappa shape index (κ3) is 4.35. The topological polar surface area (TPSA) is 90.9 Å². The van der Waals surface area contributed by atoms with Crippen molar-refractivity contribution in [1.29, 1.82) is 5.26 Å². The lowest BCUT2D eigenvalue weighted by Crippen LogP contribution is -2.14. The zero-order valence-corrected chi connectivity index (χ0v) is 13.1. The minimum atomic E-state index is -0.476. The summed E-state index contributed by atoms with van der Waals surface area (Å²) in [6.45, 7) is 3.87. The Morgan fingerprint density at radius 2 is 1.91 bits per heavy atom. The highest BCUT2D eigenvalue weighted by molar-refractivity contribution is 6.06. The van der Waals surface area contributed by atoms with E-state index in [4.69, 9.17) is 5.73 Å². The number of amides is 1. The van der Waals surface area contributed by atoms with Crippen LogP contribution >= 0.6 is 0 Å². The first-order valence-electron chi connectivity index (χ1n) is 7.10. The quantitative estimate of drug-likeness (QED) is 0.459. The molecule has 2 rings (SSSR count). The predicted octanol–water partition coefficient (Wildman–Crippen LogP) is 3.34. The molecule has 0 heterocycles. The number of carbonyl (C=O) groups is 1. The first-order valence-corrected chi connectivity index (χ1v) is 7.10. The minimum absolute atomic E-state index is 0.0357. The van der Waals surface area contributed by atoms with Crippen LogP contribution in [0.5, 0.6) is 0 Å². The third-order valence-electron chi connectivity index (χ3n) is 3.22. The maximum Gasteiger partial charge on any atom is 0.267 e. The SMILES string of the molecule is Cc1cccc(NC(=O)/C(C#N)=C\Nc2ccc(C)cc2N)c1. The van der Waals surface area contributed by atoms with Gasteiger partial charge in [-0.2, -0.15) is 5.26 Å². The van der Waals surface area contributed by atoms with Crippen molar-refractivity contribution >= 4 is 23.0 Å². The first-order chi connectivity index (χ1) is 11.0. The molecule has 0 saturated carbocycles. The molecule has 2 aromatic rings. The molecule has 0 bridgehead atoms. The number of nitriles is 1. The van der Waals surface area contributed by atoms with E-state index in [-0.39, 0.29) is 5.57 Å². The third-order valence-corrected chi connectivity index (χ3v) is 3.22. The van der Waals surface area contributed by atoms with Gasteiger partial charge >= 0.3 is 0 Å². The van der Waals surface area contributed by atoms with Gasteiger partial charge in [0.2, 0.25) is 0 Å². The molecule has 0 fully saturated rings. The summed E-state index contributed by atoms with van der Waals surface area (Å²) >= 11 is 0. The molecule has 0 saturated heterocycles. The molecule has 2 aromatic carbocycles. The molecule has 116 valence electrons. The molecule has 5 nitrogen and oxygen atoms in total. The van der Waals surface area contributed by atoms with Crippen molar-refractivity contribution in [1.82, 2.24) is 0 Å². The van der Waals surface area contributed by atoms with Gasteiger partial charge in [0.15, 0.2) is 0 Å². The molecule has 0 aliphatic heterocycles. The molecule has 0 atom stereocenters. The van der Waals surface area contributed by atoms with Crippen LogP contribution in [0, 0.1) is 25.2 Å². The monoisotopic (exact) mass is 306 g/mol. The number of nitrogens with one attached hydrogen (secondary N) is 2. The lowest BCUT2D eigenvalue weighted by atomic mass is 10.2. The zero-order chi connectivity index (χ0) is 16.8. The van der Waals surface area contributed by atoms with Crippen molar-refractivity contribution in [3.05, 3.63) is 65.4 Å². The first kappa shape index (κ1) is 16.1. The Labute approximate surface area is 135 Å². The molecule has 23 heavy (non-hydrogen) atoms. The van der Waals surface area contributed by atoms with Crippen LogP contribution in [0.25, 0.3) is 0 Å². The van der Waals surface area contributed by atoms with Crippen LogP contribution in [0.15, 0.2) is 54.2 Å². The van der Waals surface area contributed by atoms with Gasteiger partial charge in [-0.25, -0.2) is 0 Å². The predicted molar refractivity (Wildman–Crippen MR) is 92.7 cm³/mol. The van der Waals surface area contributed by atoms with E-state index < -0.39 is 5.91 Å². The van der Waals surface area contributed by atoms with Gasteiger partial charge in [-0.15, -0.1) is 0 Å². The van der Waals surface area contributed by atoms with Crippen LogP contribution in [-0.2, 0) is 4.79 Å². The van der Waals surface area contributed by atoms with E-state index in [0.717, 1.165) is 11.1 Å². The molecule has 1 amide bonds. The maximum absolute atomic E-state index is 12.1. The molecule has 4 N–H and O–H groups in total. The van der Waals surface area contributed by atoms with Crippen molar-refractivity contribution in [3.8, 4) is 6.07 Å². The van der Waals surface area contributed by atoms with Crippen LogP contribution in [-0.4, -0.2) is 5.91 Å². The van der Waals surface area contributed by atoms with E-state index in [0.29, 0.717) is 17.1 Å². The smallest absolute Gasteiger partial charge is 0.267 e. The number of hydrogen-bond donors (Lipinski definition) is 3. The van der Waals surface area contributed by atoms with Crippen molar-refractivity contribution in [2.45, 2.75) is 13.8 Å². The summed E-state index contributed by atoms with van der Waals surface area (Å²) in [4.78, 5) is 12.1. The van der Waals surface area contributed by atoms with Gasteiger partial charge in [0.1, 0.15) is 11.6 Å². The number of rotatable bonds is 4. The van der Waals surface area contributed by atoms with E-state index in [9.17, 15) is 10.1 Å². The maximum atomic E-state index is 12.1. The minimum Gasteiger partial charge on any atom is -0.397 e. The summed E-state index contributed by atoms with van der Waals surface area (Å²) in [6, 6.07) is 14.8. The summed E-state index contributed by atoms with van der Waals surface area (Å²) in [5.74, 6) is -0.476. The standard InChI is InChI=1S/C18H18N4O/c1-12-4-3-5-15(8-12)22-18(23)14(10-19)11-21-17-7-6-13(2)9-16(17)20/h3-9,11,21H,20H2,1-2H3,(H,22,23)/b14-11-. The number of nitrogens with two attached hydrogens (primary N) is 1. The van der Waals surface area contributed by atoms with Crippen molar-refractivity contribution < 1.29 is 4.79 Å². The van der Waals surface area contributed by atoms with Crippen molar-refractivity contribution in [2.75, 3.05) is 16.4 Å². The number of benzene rings is 2. The highest BCUT2D eigenvalue weighted by Gasteiger charge is 2.09. The second-order valence-corrected chi connectivity index (χ2v) is 5.23. The van der Waals surface area contributed by atoms with E-state index in [2.05, 4.69) is 10.6 Å². The Morgan fingerprint density at radius 1 is 1.17 bits per heavy atom. The fraction of sp³-hybridized carbons (Fsp3) is 0.111. The molecule has 5 heteroatoms. The molecule has 0 radical (unpaired) electrons. The lowest BCUT2D eigenvalue weighted by molar-refractivity contribution is -0.112. The fourth-order valence-corrected chi connectivity index (χ4v) is 2.03. The van der Waals surface area contributed by atoms with E-state index >= 15 is 0 Å². The van der Waals surface area contributed by atoms with Gasteiger partial charge in [0, 0.05) is 11.9 Å². The molecule has 0 aliphatic rings. The van der Waals surface area contributed by atoms with Gasteiger partial charge in [0.05, 0.1) is 11.4 Å². The molecule has 0 aromatic heterocycles. The van der Waals surface area contributed by atoms with Crippen LogP contribution in [0.1, 0.15) is 11.1 Å². The van der Waals surface area contributed by atoms with E-state index in [1.165, 1.54) is 6.20 Å². The fourth-order valence-electron chi connectivity index (χ4n) is 2.03. The van der Waals surface area contributed by atoms with E-state index in [1.54, 1.807) is 12.1 Å². The molecular formula is C18H18N4O.